The van der Waals surface area contributed by atoms with E-state index in [0.717, 1.165) is 5.56 Å². The highest BCUT2D eigenvalue weighted by atomic mass is 16.3. The lowest BCUT2D eigenvalue weighted by Crippen LogP contribution is -2.66. The largest absolute Gasteiger partial charge is 0.394 e. The molecule has 0 saturated carbocycles. The molecule has 26 N–H and O–H groups in total. The van der Waals surface area contributed by atoms with Gasteiger partial charge in [-0.05, 0) is 200 Å². The number of nitrogens with two attached hydrogens (primary N) is 3. The molecule has 1 aromatic carbocycles. The van der Waals surface area contributed by atoms with Crippen LogP contribution in [0.5, 0.6) is 0 Å². The van der Waals surface area contributed by atoms with Gasteiger partial charge in [-0.1, -0.05) is 78.3 Å². The van der Waals surface area contributed by atoms with Gasteiger partial charge in [-0.25, -0.2) is 0 Å². The summed E-state index contributed by atoms with van der Waals surface area (Å²) in [6.45, 7) is 35.0. The van der Waals surface area contributed by atoms with Crippen molar-refractivity contribution >= 4 is 136 Å². The number of likely N-dealkylation sites (tertiary alicyclic amines) is 1. The summed E-state index contributed by atoms with van der Waals surface area (Å²) in [4.78, 5) is 313. The third kappa shape index (κ3) is 38.9. The summed E-state index contributed by atoms with van der Waals surface area (Å²) in [7, 11) is 0. The second-order valence-electron chi connectivity index (χ2n) is 40.1. The number of hydrogen-bond acceptors (Lipinski definition) is 24. The Bertz CT molecular complexity index is 4620. The molecule has 47 heteroatoms. The maximum atomic E-state index is 14.6. The minimum absolute atomic E-state index is 0.00667. The molecule has 0 aromatic heterocycles. The molecular formula is C91H151N23O24. The second kappa shape index (κ2) is 52.0. The lowest BCUT2D eigenvalue weighted by Gasteiger charge is -2.36. The summed E-state index contributed by atoms with van der Waals surface area (Å²) in [5.41, 5.74) is 2.92. The highest BCUT2D eigenvalue weighted by Gasteiger charge is 2.48. The van der Waals surface area contributed by atoms with Crippen LogP contribution in [0.3, 0.4) is 0 Å². The van der Waals surface area contributed by atoms with E-state index in [9.17, 15) is 115 Å². The van der Waals surface area contributed by atoms with Gasteiger partial charge in [0.15, 0.2) is 0 Å². The van der Waals surface area contributed by atoms with Crippen LogP contribution in [0.4, 0.5) is 0 Å². The molecule has 1 aromatic rings. The predicted molar refractivity (Wildman–Crippen MR) is 504 cm³/mol. The minimum Gasteiger partial charge on any atom is -0.394 e. The Kier molecular flexibility index (Phi) is 45.6. The molecule has 1 aliphatic rings. The van der Waals surface area contributed by atoms with Crippen molar-refractivity contribution < 1.29 is 115 Å². The first-order valence-electron chi connectivity index (χ1n) is 45.9. The second-order valence-corrected chi connectivity index (χ2v) is 40.1. The first-order valence-corrected chi connectivity index (χ1v) is 45.9. The Morgan fingerprint density at radius 1 is 0.391 bits per heavy atom. The minimum atomic E-state index is -1.91. The van der Waals surface area contributed by atoms with Crippen LogP contribution < -0.4 is 118 Å². The summed E-state index contributed by atoms with van der Waals surface area (Å²) in [5.74, 6) is -21.3. The molecule has 1 heterocycles. The molecule has 0 radical (unpaired) electrons. The molecule has 23 amide bonds. The number of benzene rings is 1. The fourth-order valence-electron chi connectivity index (χ4n) is 13.8. The summed E-state index contributed by atoms with van der Waals surface area (Å²) in [5, 5.41) is 58.2. The SMILES string of the molecule is CCC(C)C(NC(=O)C(C)(C)NC(=O)C(CCC(N)=O)NC(=O)C(C)NC(=O)C(C)(C)NC(=O)C(C)NC(=O)C(C)(C)NC(=O)C(C)NC(=O)C(C)(C)NC(C)=O)C(=O)NC(C)(C)C(=O)NCC(=O)NC(CC(C)C)C(=O)NC(C)(C)C(=O)N1CCCC1C(=O)NC(C(=O)NC(C)(C)C(=O)NC(C)(C)C(=O)NC(CCC(N)=O)C(=O)NC(CCC(N)=O)C(=O)NC(CO)Cc1ccccc1)C(C)C. The molecule has 0 spiro atoms. The van der Waals surface area contributed by atoms with Gasteiger partial charge in [0.25, 0.3) is 0 Å². The van der Waals surface area contributed by atoms with Crippen LogP contribution in [-0.4, -0.2) is 276 Å². The fourth-order valence-corrected chi connectivity index (χ4v) is 13.8. The molecule has 774 valence electrons. The van der Waals surface area contributed by atoms with E-state index in [1.54, 1.807) is 71.9 Å². The first-order chi connectivity index (χ1) is 63.2. The van der Waals surface area contributed by atoms with Gasteiger partial charge < -0.3 is 128 Å². The molecule has 138 heavy (non-hydrogen) atoms. The fraction of sp³-hybridized carbons (Fsp3) is 0.681. The number of nitrogens with zero attached hydrogens (tertiary/aromatic N) is 1. The lowest BCUT2D eigenvalue weighted by atomic mass is 9.94. The quantitative estimate of drug-likeness (QED) is 0.0290. The number of hydrogen-bond donors (Lipinski definition) is 23. The van der Waals surface area contributed by atoms with Crippen molar-refractivity contribution in [2.45, 2.75) is 361 Å². The van der Waals surface area contributed by atoms with Gasteiger partial charge in [-0.3, -0.25) is 110 Å². The molecule has 0 aliphatic carbocycles. The van der Waals surface area contributed by atoms with E-state index in [1.807, 2.05) is 0 Å². The number of amides is 23. The summed E-state index contributed by atoms with van der Waals surface area (Å²) in [6.07, 6.45) is -1.52. The molecule has 1 fully saturated rings. The van der Waals surface area contributed by atoms with Crippen LogP contribution in [0, 0.1) is 17.8 Å². The zero-order valence-electron chi connectivity index (χ0n) is 84.4. The van der Waals surface area contributed by atoms with Gasteiger partial charge >= 0.3 is 0 Å². The van der Waals surface area contributed by atoms with E-state index in [1.165, 1.54) is 143 Å². The van der Waals surface area contributed by atoms with Crippen molar-refractivity contribution in [2.75, 3.05) is 19.7 Å². The smallest absolute Gasteiger partial charge is 0.248 e. The van der Waals surface area contributed by atoms with E-state index in [-0.39, 0.29) is 51.0 Å². The Morgan fingerprint density at radius 2 is 0.761 bits per heavy atom. The van der Waals surface area contributed by atoms with Gasteiger partial charge in [0.2, 0.25) is 136 Å². The molecule has 2 rings (SSSR count). The third-order valence-electron chi connectivity index (χ3n) is 22.7. The number of rotatable bonds is 55. The third-order valence-corrected chi connectivity index (χ3v) is 22.7. The van der Waals surface area contributed by atoms with E-state index >= 15 is 0 Å². The van der Waals surface area contributed by atoms with Gasteiger partial charge in [0.05, 0.1) is 19.2 Å². The Hall–Kier alpha value is -13.0. The van der Waals surface area contributed by atoms with Crippen molar-refractivity contribution in [2.24, 2.45) is 35.0 Å². The highest BCUT2D eigenvalue weighted by Crippen LogP contribution is 2.25. The molecule has 47 nitrogen and oxygen atoms in total. The van der Waals surface area contributed by atoms with Crippen molar-refractivity contribution in [1.29, 1.82) is 0 Å². The van der Waals surface area contributed by atoms with Crippen LogP contribution in [0.2, 0.25) is 0 Å². The Morgan fingerprint density at radius 3 is 1.20 bits per heavy atom. The molecule has 12 atom stereocenters. The van der Waals surface area contributed by atoms with Crippen LogP contribution in [0.25, 0.3) is 0 Å². The average molecular weight is 1950 g/mol. The number of primary amides is 3. The van der Waals surface area contributed by atoms with E-state index in [4.69, 9.17) is 17.2 Å². The topological polar surface area (TPSA) is 723 Å². The van der Waals surface area contributed by atoms with Crippen LogP contribution >= 0.6 is 0 Å². The normalized spacial score (nSPS) is 15.5. The van der Waals surface area contributed by atoms with Crippen molar-refractivity contribution in [3.05, 3.63) is 35.9 Å². The maximum Gasteiger partial charge on any atom is 0.248 e. The van der Waals surface area contributed by atoms with E-state index in [2.05, 4.69) is 101 Å². The summed E-state index contributed by atoms with van der Waals surface area (Å²) < 4.78 is 0. The average Bonchev–Trinajstić information content (AvgIpc) is 1.60. The number of carbonyl (C=O) groups excluding carboxylic acids is 23. The van der Waals surface area contributed by atoms with Crippen molar-refractivity contribution in [1.82, 2.24) is 106 Å². The van der Waals surface area contributed by atoms with Crippen LogP contribution in [-0.2, 0) is 117 Å². The number of aliphatic hydroxyl groups is 1. The monoisotopic (exact) mass is 1950 g/mol. The van der Waals surface area contributed by atoms with Crippen LogP contribution in [0.1, 0.15) is 250 Å². The summed E-state index contributed by atoms with van der Waals surface area (Å²) in [6, 6.07) is -5.84. The lowest BCUT2D eigenvalue weighted by molar-refractivity contribution is -0.146. The highest BCUT2D eigenvalue weighted by molar-refractivity contribution is 6.04. The van der Waals surface area contributed by atoms with Crippen molar-refractivity contribution in [3.63, 3.8) is 0 Å². The Labute approximate surface area is 805 Å². The van der Waals surface area contributed by atoms with Gasteiger partial charge in [-0.2, -0.15) is 0 Å². The maximum absolute atomic E-state index is 14.6. The zero-order valence-corrected chi connectivity index (χ0v) is 84.4. The van der Waals surface area contributed by atoms with E-state index < -0.39 is 297 Å². The molecular weight excluding hydrogens is 1800 g/mol. The summed E-state index contributed by atoms with van der Waals surface area (Å²) >= 11 is 0. The molecule has 1 aliphatic heterocycles. The number of nitrogens with one attached hydrogen (secondary N) is 19. The number of carbonyl (C=O) groups is 23. The molecule has 12 unspecified atom stereocenters. The predicted octanol–water partition coefficient (Wildman–Crippen LogP) is -5.04. The zero-order chi connectivity index (χ0) is 106. The van der Waals surface area contributed by atoms with E-state index in [0.29, 0.717) is 6.42 Å². The number of aliphatic hydroxyl groups excluding tert-OH is 1. The standard InChI is InChI=1S/C91H151N23O24/c1-27-48(6)65(105-81(136)88(19,20)109-71(126)57(37-40-62(94)119)101-66(121)49(7)96-78(133)86(15,16)107-68(123)51(9)98-79(134)87(17,18)108-67(122)50(8)97-77(132)85(13,14)106-52(10)116)75(130)112-84(11,12)76(131)95-44-63(120)100-58(42-46(2)3)72(127)110-91(25,26)83(138)114-41-31-34-59(114)73(128)104-64(47(4)5)74(129)111-90(23,24)82(137)113-89(21,22)80(135)103-56(36-39-61(93)118)70(125)102-55(35-38-60(92)117)69(124)99-54(45-115)43-53-32-29-28-30-33-53/h28-30,32-33,46-51,54-59,64-65,115H,27,31,34-45H2,1-26H3,(H2,92,117)(H2,93,118)(H2,94,119)(H,95,131)(H,96,133)(H,97,132)(H,98,134)(H,99,124)(H,100,120)(H,101,121)(H,102,125)(H,103,135)(H,104,128)(H,105,136)(H,106,116)(H,107,123)(H,108,122)(H,109,126)(H,110,127)(H,111,129)(H,112,130)(H,113,137). The van der Waals surface area contributed by atoms with Gasteiger partial charge in [0, 0.05) is 32.7 Å². The van der Waals surface area contributed by atoms with Crippen molar-refractivity contribution in [3.8, 4) is 0 Å². The van der Waals surface area contributed by atoms with Gasteiger partial charge in [0.1, 0.15) is 105 Å². The molecule has 0 bridgehead atoms. The van der Waals surface area contributed by atoms with Crippen LogP contribution in [0.15, 0.2) is 30.3 Å². The molecule has 1 saturated heterocycles. The first kappa shape index (κ1) is 121. The Balaban J connectivity index is 2.19. The van der Waals surface area contributed by atoms with Gasteiger partial charge in [-0.15, -0.1) is 0 Å².